The lowest BCUT2D eigenvalue weighted by molar-refractivity contribution is 0.679. The predicted molar refractivity (Wildman–Crippen MR) is 58.5 cm³/mol. The van der Waals surface area contributed by atoms with Crippen LogP contribution in [0.5, 0.6) is 0 Å². The molecule has 0 aliphatic heterocycles. The van der Waals surface area contributed by atoms with Crippen molar-refractivity contribution in [2.24, 2.45) is 0 Å². The van der Waals surface area contributed by atoms with Crippen molar-refractivity contribution in [1.29, 1.82) is 0 Å². The van der Waals surface area contributed by atoms with Crippen LogP contribution in [0.4, 0.5) is 0 Å². The average molecular weight is 207 g/mol. The van der Waals surface area contributed by atoms with Gasteiger partial charge in [-0.1, -0.05) is 0 Å². The zero-order valence-electron chi connectivity index (χ0n) is 8.24. The fourth-order valence-corrected chi connectivity index (χ4v) is 2.49. The van der Waals surface area contributed by atoms with Crippen LogP contribution >= 0.6 is 11.3 Å². The van der Waals surface area contributed by atoms with Gasteiger partial charge in [0.2, 0.25) is 0 Å². The van der Waals surface area contributed by atoms with Crippen LogP contribution in [0.3, 0.4) is 0 Å². The van der Waals surface area contributed by atoms with Crippen molar-refractivity contribution < 1.29 is 0 Å². The number of hydrogen-bond acceptors (Lipinski definition) is 3. The molecule has 0 aromatic carbocycles. The van der Waals surface area contributed by atoms with Gasteiger partial charge in [0, 0.05) is 16.0 Å². The summed E-state index contributed by atoms with van der Waals surface area (Å²) in [6, 6.07) is 6.52. The van der Waals surface area contributed by atoms with Gasteiger partial charge in [0.25, 0.3) is 0 Å². The van der Waals surface area contributed by atoms with E-state index in [9.17, 15) is 0 Å². The van der Waals surface area contributed by atoms with Gasteiger partial charge < -0.3 is 5.32 Å². The van der Waals surface area contributed by atoms with E-state index >= 15 is 0 Å². The van der Waals surface area contributed by atoms with E-state index in [0.29, 0.717) is 0 Å². The Balaban J connectivity index is 2.31. The average Bonchev–Trinajstić information content (AvgIpc) is 2.79. The number of hydrogen-bond donors (Lipinski definition) is 2. The maximum atomic E-state index is 3.96. The van der Waals surface area contributed by atoms with Gasteiger partial charge in [0.05, 0.1) is 11.7 Å². The molecule has 2 heterocycles. The number of rotatable bonds is 3. The lowest BCUT2D eigenvalue weighted by Crippen LogP contribution is -2.16. The maximum Gasteiger partial charge on any atom is 0.0836 e. The molecule has 0 spiro atoms. The van der Waals surface area contributed by atoms with Crippen molar-refractivity contribution in [3.05, 3.63) is 39.8 Å². The number of aryl methyl sites for hydroxylation is 1. The molecule has 74 valence electrons. The second kappa shape index (κ2) is 3.94. The smallest absolute Gasteiger partial charge is 0.0836 e. The van der Waals surface area contributed by atoms with Crippen LogP contribution in [0.25, 0.3) is 0 Å². The molecule has 2 rings (SSSR count). The highest BCUT2D eigenvalue weighted by Crippen LogP contribution is 2.26. The van der Waals surface area contributed by atoms with Gasteiger partial charge in [0.15, 0.2) is 0 Å². The normalized spacial score (nSPS) is 13.0. The molecule has 0 bridgehead atoms. The monoisotopic (exact) mass is 207 g/mol. The van der Waals surface area contributed by atoms with E-state index in [4.69, 9.17) is 0 Å². The summed E-state index contributed by atoms with van der Waals surface area (Å²) >= 11 is 1.81. The van der Waals surface area contributed by atoms with Crippen molar-refractivity contribution in [2.75, 3.05) is 7.05 Å². The third-order valence-corrected chi connectivity index (χ3v) is 3.23. The van der Waals surface area contributed by atoms with E-state index < -0.39 is 0 Å². The molecule has 3 nitrogen and oxygen atoms in total. The molecule has 2 N–H and O–H groups in total. The Morgan fingerprint density at radius 1 is 1.43 bits per heavy atom. The minimum absolute atomic E-state index is 0.233. The summed E-state index contributed by atoms with van der Waals surface area (Å²) in [5, 5.41) is 10.2. The van der Waals surface area contributed by atoms with E-state index in [1.807, 2.05) is 24.5 Å². The van der Waals surface area contributed by atoms with Crippen LogP contribution in [0.2, 0.25) is 0 Å². The highest BCUT2D eigenvalue weighted by molar-refractivity contribution is 7.12. The van der Waals surface area contributed by atoms with Crippen molar-refractivity contribution >= 4 is 11.3 Å². The zero-order chi connectivity index (χ0) is 9.97. The summed E-state index contributed by atoms with van der Waals surface area (Å²) in [6.45, 7) is 2.12. The molecule has 0 radical (unpaired) electrons. The number of nitrogens with one attached hydrogen (secondary N) is 2. The van der Waals surface area contributed by atoms with Gasteiger partial charge >= 0.3 is 0 Å². The van der Waals surface area contributed by atoms with Crippen molar-refractivity contribution in [3.8, 4) is 0 Å². The Morgan fingerprint density at radius 2 is 2.29 bits per heavy atom. The van der Waals surface area contributed by atoms with Crippen LogP contribution in [0.1, 0.15) is 21.5 Å². The summed E-state index contributed by atoms with van der Waals surface area (Å²) in [5.41, 5.74) is 1.11. The Kier molecular flexibility index (Phi) is 2.65. The largest absolute Gasteiger partial charge is 0.307 e. The molecule has 0 amide bonds. The van der Waals surface area contributed by atoms with Crippen LogP contribution in [-0.4, -0.2) is 17.2 Å². The van der Waals surface area contributed by atoms with Crippen molar-refractivity contribution in [1.82, 2.24) is 15.5 Å². The highest BCUT2D eigenvalue weighted by atomic mass is 32.1. The number of H-pyrrole nitrogens is 1. The third kappa shape index (κ3) is 1.71. The molecular formula is C10H13N3S. The minimum atomic E-state index is 0.233. The van der Waals surface area contributed by atoms with E-state index in [2.05, 4.69) is 34.6 Å². The second-order valence-corrected chi connectivity index (χ2v) is 4.50. The van der Waals surface area contributed by atoms with E-state index in [1.54, 1.807) is 6.20 Å². The quantitative estimate of drug-likeness (QED) is 0.809. The molecule has 0 saturated carbocycles. The van der Waals surface area contributed by atoms with Gasteiger partial charge in [-0.2, -0.15) is 5.10 Å². The third-order valence-electron chi connectivity index (χ3n) is 2.17. The van der Waals surface area contributed by atoms with Crippen LogP contribution < -0.4 is 5.32 Å². The Bertz CT molecular complexity index is 391. The van der Waals surface area contributed by atoms with Crippen molar-refractivity contribution in [2.45, 2.75) is 13.0 Å². The lowest BCUT2D eigenvalue weighted by Gasteiger charge is -2.11. The first-order chi connectivity index (χ1) is 6.81. The van der Waals surface area contributed by atoms with Crippen LogP contribution in [-0.2, 0) is 0 Å². The molecule has 1 unspecified atom stereocenters. The van der Waals surface area contributed by atoms with Crippen LogP contribution in [0.15, 0.2) is 24.4 Å². The first kappa shape index (κ1) is 9.43. The fraction of sp³-hybridized carbons (Fsp3) is 0.300. The van der Waals surface area contributed by atoms with Gasteiger partial charge in [-0.05, 0) is 32.2 Å². The maximum absolute atomic E-state index is 3.96. The minimum Gasteiger partial charge on any atom is -0.307 e. The molecular weight excluding hydrogens is 194 g/mol. The molecule has 0 aliphatic rings. The summed E-state index contributed by atoms with van der Waals surface area (Å²) in [5.74, 6) is 0. The SMILES string of the molecule is CNC(c1ccn[nH]1)c1ccc(C)s1. The summed E-state index contributed by atoms with van der Waals surface area (Å²) in [7, 11) is 1.96. The molecule has 14 heavy (non-hydrogen) atoms. The zero-order valence-corrected chi connectivity index (χ0v) is 9.06. The summed E-state index contributed by atoms with van der Waals surface area (Å²) in [4.78, 5) is 2.65. The molecule has 2 aromatic heterocycles. The summed E-state index contributed by atoms with van der Waals surface area (Å²) < 4.78 is 0. The molecule has 0 aliphatic carbocycles. The van der Waals surface area contributed by atoms with Gasteiger partial charge in [-0.25, -0.2) is 0 Å². The highest BCUT2D eigenvalue weighted by Gasteiger charge is 2.14. The number of thiophene rings is 1. The number of aromatic amines is 1. The molecule has 1 atom stereocenters. The fourth-order valence-electron chi connectivity index (χ4n) is 1.49. The summed E-state index contributed by atoms with van der Waals surface area (Å²) in [6.07, 6.45) is 1.78. The molecule has 0 fully saturated rings. The molecule has 4 heteroatoms. The van der Waals surface area contributed by atoms with Gasteiger partial charge in [-0.3, -0.25) is 5.10 Å². The Morgan fingerprint density at radius 3 is 2.79 bits per heavy atom. The van der Waals surface area contributed by atoms with E-state index in [0.717, 1.165) is 5.69 Å². The van der Waals surface area contributed by atoms with E-state index in [1.165, 1.54) is 9.75 Å². The Labute approximate surface area is 87.2 Å². The predicted octanol–water partition coefficient (Wildman–Crippen LogP) is 2.09. The Hall–Kier alpha value is -1.13. The standard InChI is InChI=1S/C10H13N3S/c1-7-3-4-9(14-7)10(11-2)8-5-6-12-13-8/h3-6,10-11H,1-2H3,(H,12,13). The number of nitrogens with zero attached hydrogens (tertiary/aromatic N) is 1. The van der Waals surface area contributed by atoms with Gasteiger partial charge in [0.1, 0.15) is 0 Å². The van der Waals surface area contributed by atoms with Crippen molar-refractivity contribution in [3.63, 3.8) is 0 Å². The van der Waals surface area contributed by atoms with Crippen LogP contribution in [0, 0.1) is 6.92 Å². The number of aromatic nitrogens is 2. The lowest BCUT2D eigenvalue weighted by atomic mass is 10.2. The van der Waals surface area contributed by atoms with Gasteiger partial charge in [-0.15, -0.1) is 11.3 Å². The molecule has 0 saturated heterocycles. The topological polar surface area (TPSA) is 40.7 Å². The first-order valence-electron chi connectivity index (χ1n) is 4.54. The van der Waals surface area contributed by atoms with E-state index in [-0.39, 0.29) is 6.04 Å². The molecule has 2 aromatic rings. The second-order valence-electron chi connectivity index (χ2n) is 3.18. The first-order valence-corrected chi connectivity index (χ1v) is 5.36.